The average Bonchev–Trinajstić information content (AvgIpc) is 2.69. The van der Waals surface area contributed by atoms with Crippen molar-refractivity contribution in [3.05, 3.63) is 24.3 Å². The molecule has 21 heavy (non-hydrogen) atoms. The van der Waals surface area contributed by atoms with Gasteiger partial charge in [0.05, 0.1) is 18.3 Å². The van der Waals surface area contributed by atoms with E-state index in [0.29, 0.717) is 18.0 Å². The van der Waals surface area contributed by atoms with E-state index in [2.05, 4.69) is 10.0 Å². The number of benzene rings is 1. The highest BCUT2D eigenvalue weighted by atomic mass is 32.2. The van der Waals surface area contributed by atoms with Crippen molar-refractivity contribution in [2.24, 2.45) is 5.92 Å². The summed E-state index contributed by atoms with van der Waals surface area (Å²) in [6.07, 6.45) is -0.0942. The summed E-state index contributed by atoms with van der Waals surface area (Å²) in [5.41, 5.74) is 0.378. The van der Waals surface area contributed by atoms with Crippen molar-refractivity contribution in [1.82, 2.24) is 5.32 Å². The van der Waals surface area contributed by atoms with Crippen LogP contribution in [-0.4, -0.2) is 32.6 Å². The lowest BCUT2D eigenvalue weighted by Crippen LogP contribution is -2.28. The lowest BCUT2D eigenvalue weighted by Gasteiger charge is -2.11. The molecule has 0 aromatic heterocycles. The quantitative estimate of drug-likeness (QED) is 0.744. The molecule has 0 bridgehead atoms. The Bertz CT molecular complexity index is 639. The third-order valence-corrected chi connectivity index (χ3v) is 4.31. The first-order chi connectivity index (χ1) is 9.89. The number of anilines is 1. The minimum Gasteiger partial charge on any atom is -0.494 e. The van der Waals surface area contributed by atoms with Crippen molar-refractivity contribution < 1.29 is 22.7 Å². The van der Waals surface area contributed by atoms with Gasteiger partial charge in [-0.1, -0.05) is 0 Å². The Labute approximate surface area is 122 Å². The number of carbonyl (C=O) groups excluding carboxylic acids is 2. The van der Waals surface area contributed by atoms with Gasteiger partial charge in [-0.2, -0.15) is 0 Å². The molecule has 0 spiro atoms. The number of hydrogen-bond donors (Lipinski definition) is 2. The first kappa shape index (κ1) is 15.3. The third-order valence-electron chi connectivity index (χ3n) is 2.92. The molecule has 1 aliphatic rings. The van der Waals surface area contributed by atoms with Crippen LogP contribution < -0.4 is 14.8 Å². The number of ether oxygens (including phenoxy) is 1. The topological polar surface area (TPSA) is 102 Å². The number of carbonyl (C=O) groups is 2. The monoisotopic (exact) mass is 312 g/mol. The first-order valence-electron chi connectivity index (χ1n) is 6.46. The van der Waals surface area contributed by atoms with Crippen LogP contribution in [-0.2, 0) is 19.6 Å². The summed E-state index contributed by atoms with van der Waals surface area (Å²) in [5, 5.41) is 2.09. The summed E-state index contributed by atoms with van der Waals surface area (Å²) >= 11 is 0. The molecule has 0 saturated carbocycles. The van der Waals surface area contributed by atoms with Crippen molar-refractivity contribution in [2.75, 3.05) is 17.1 Å². The van der Waals surface area contributed by atoms with Crippen molar-refractivity contribution in [1.29, 1.82) is 0 Å². The maximum atomic E-state index is 12.0. The molecule has 1 aromatic carbocycles. The fourth-order valence-electron chi connectivity index (χ4n) is 2.01. The van der Waals surface area contributed by atoms with Crippen LogP contribution in [0.3, 0.4) is 0 Å². The average molecular weight is 312 g/mol. The molecule has 1 atom stereocenters. The zero-order chi connectivity index (χ0) is 15.5. The van der Waals surface area contributed by atoms with Gasteiger partial charge in [-0.05, 0) is 31.2 Å². The number of hydrogen-bond acceptors (Lipinski definition) is 5. The van der Waals surface area contributed by atoms with Crippen molar-refractivity contribution in [3.63, 3.8) is 0 Å². The van der Waals surface area contributed by atoms with Gasteiger partial charge in [0.2, 0.25) is 21.8 Å². The van der Waals surface area contributed by atoms with Crippen LogP contribution in [0.15, 0.2) is 24.3 Å². The Hall–Kier alpha value is -2.09. The second kappa shape index (κ2) is 6.13. The Morgan fingerprint density at radius 3 is 2.48 bits per heavy atom. The predicted octanol–water partition coefficient (Wildman–Crippen LogP) is 0.490. The highest BCUT2D eigenvalue weighted by molar-refractivity contribution is 7.92. The summed E-state index contributed by atoms with van der Waals surface area (Å²) < 4.78 is 31.6. The molecule has 0 aliphatic carbocycles. The maximum absolute atomic E-state index is 12.0. The van der Waals surface area contributed by atoms with Crippen LogP contribution in [0.1, 0.15) is 13.3 Å². The van der Waals surface area contributed by atoms with Crippen molar-refractivity contribution in [2.45, 2.75) is 13.3 Å². The molecule has 1 fully saturated rings. The molecule has 114 valence electrons. The fourth-order valence-corrected chi connectivity index (χ4v) is 3.39. The molecule has 0 radical (unpaired) electrons. The van der Waals surface area contributed by atoms with Gasteiger partial charge in [0, 0.05) is 12.1 Å². The number of sulfonamides is 1. The summed E-state index contributed by atoms with van der Waals surface area (Å²) in [6, 6.07) is 6.44. The van der Waals surface area contributed by atoms with Crippen LogP contribution in [0.4, 0.5) is 5.69 Å². The van der Waals surface area contributed by atoms with E-state index in [-0.39, 0.29) is 6.42 Å². The minimum absolute atomic E-state index is 0.0942. The predicted molar refractivity (Wildman–Crippen MR) is 76.3 cm³/mol. The molecular weight excluding hydrogens is 296 g/mol. The molecule has 7 nitrogen and oxygen atoms in total. The smallest absolute Gasteiger partial charge is 0.233 e. The molecule has 1 aliphatic heterocycles. The van der Waals surface area contributed by atoms with Gasteiger partial charge in [-0.15, -0.1) is 0 Å². The fraction of sp³-hybridized carbons (Fsp3) is 0.385. The highest BCUT2D eigenvalue weighted by Gasteiger charge is 2.34. The zero-order valence-corrected chi connectivity index (χ0v) is 12.3. The number of rotatable bonds is 6. The largest absolute Gasteiger partial charge is 0.494 e. The van der Waals surface area contributed by atoms with Gasteiger partial charge in [0.1, 0.15) is 5.75 Å². The lowest BCUT2D eigenvalue weighted by molar-refractivity contribution is -0.125. The van der Waals surface area contributed by atoms with Crippen LogP contribution in [0.5, 0.6) is 5.75 Å². The van der Waals surface area contributed by atoms with E-state index < -0.39 is 33.5 Å². The van der Waals surface area contributed by atoms with Gasteiger partial charge in [-0.3, -0.25) is 19.6 Å². The molecular formula is C13H16N2O5S. The Morgan fingerprint density at radius 1 is 1.29 bits per heavy atom. The Morgan fingerprint density at radius 2 is 1.95 bits per heavy atom. The van der Waals surface area contributed by atoms with E-state index in [1.807, 2.05) is 6.92 Å². The molecule has 1 unspecified atom stereocenters. The Balaban J connectivity index is 2.00. The molecule has 2 rings (SSSR count). The van der Waals surface area contributed by atoms with Gasteiger partial charge in [0.25, 0.3) is 0 Å². The molecule has 2 amide bonds. The number of amides is 2. The minimum atomic E-state index is -3.70. The molecule has 2 N–H and O–H groups in total. The number of imide groups is 1. The van der Waals surface area contributed by atoms with Gasteiger partial charge in [0.15, 0.2) is 0 Å². The molecule has 1 aromatic rings. The molecule has 1 heterocycles. The van der Waals surface area contributed by atoms with E-state index in [4.69, 9.17) is 4.74 Å². The van der Waals surface area contributed by atoms with Gasteiger partial charge in [-0.25, -0.2) is 8.42 Å². The summed E-state index contributed by atoms with van der Waals surface area (Å²) in [7, 11) is -3.70. The van der Waals surface area contributed by atoms with Crippen LogP contribution in [0, 0.1) is 5.92 Å². The van der Waals surface area contributed by atoms with Gasteiger partial charge < -0.3 is 4.74 Å². The Kier molecular flexibility index (Phi) is 4.46. The van der Waals surface area contributed by atoms with Crippen LogP contribution >= 0.6 is 0 Å². The SMILES string of the molecule is CCOc1ccc(NS(=O)(=O)CC2CC(=O)NC2=O)cc1. The normalized spacial score (nSPS) is 18.4. The van der Waals surface area contributed by atoms with E-state index in [0.717, 1.165) is 0 Å². The lowest BCUT2D eigenvalue weighted by atomic mass is 10.1. The second-order valence-electron chi connectivity index (χ2n) is 4.65. The van der Waals surface area contributed by atoms with Gasteiger partial charge >= 0.3 is 0 Å². The number of nitrogens with one attached hydrogen (secondary N) is 2. The zero-order valence-electron chi connectivity index (χ0n) is 11.5. The standard InChI is InChI=1S/C13H16N2O5S/c1-2-20-11-5-3-10(4-6-11)15-21(18,19)8-9-7-12(16)14-13(9)17/h3-6,9,15H,2,7-8H2,1H3,(H,14,16,17). The second-order valence-corrected chi connectivity index (χ2v) is 6.42. The van der Waals surface area contributed by atoms with E-state index in [1.165, 1.54) is 0 Å². The molecule has 8 heteroatoms. The summed E-state index contributed by atoms with van der Waals surface area (Å²) in [6.45, 7) is 2.38. The van der Waals surface area contributed by atoms with E-state index in [1.54, 1.807) is 24.3 Å². The van der Waals surface area contributed by atoms with E-state index >= 15 is 0 Å². The molecule has 1 saturated heterocycles. The van der Waals surface area contributed by atoms with E-state index in [9.17, 15) is 18.0 Å². The van der Waals surface area contributed by atoms with Crippen molar-refractivity contribution in [3.8, 4) is 5.75 Å². The maximum Gasteiger partial charge on any atom is 0.233 e. The third kappa shape index (κ3) is 4.19. The van der Waals surface area contributed by atoms with Crippen LogP contribution in [0.25, 0.3) is 0 Å². The summed E-state index contributed by atoms with van der Waals surface area (Å²) in [5.74, 6) is -1.60. The highest BCUT2D eigenvalue weighted by Crippen LogP contribution is 2.19. The van der Waals surface area contributed by atoms with Crippen LogP contribution in [0.2, 0.25) is 0 Å². The summed E-state index contributed by atoms with van der Waals surface area (Å²) in [4.78, 5) is 22.4. The first-order valence-corrected chi connectivity index (χ1v) is 8.12. The van der Waals surface area contributed by atoms with Crippen molar-refractivity contribution >= 4 is 27.5 Å².